The highest BCUT2D eigenvalue weighted by atomic mass is 35.5. The first-order valence-corrected chi connectivity index (χ1v) is 16.9. The molecule has 0 saturated carbocycles. The Labute approximate surface area is 299 Å². The number of aromatic nitrogens is 4. The van der Waals surface area contributed by atoms with Gasteiger partial charge >= 0.3 is 5.97 Å². The highest BCUT2D eigenvalue weighted by molar-refractivity contribution is 7.19. The lowest BCUT2D eigenvalue weighted by atomic mass is 10.1. The Morgan fingerprint density at radius 2 is 1.47 bits per heavy atom. The molecule has 0 aliphatic rings. The van der Waals surface area contributed by atoms with Crippen LogP contribution >= 0.6 is 46.1 Å². The zero-order valence-electron chi connectivity index (χ0n) is 25.4. The van der Waals surface area contributed by atoms with E-state index in [2.05, 4.69) is 15.4 Å². The Bertz CT molecular complexity index is 2260. The summed E-state index contributed by atoms with van der Waals surface area (Å²) in [6, 6.07) is 33.2. The van der Waals surface area contributed by atoms with Crippen molar-refractivity contribution in [1.29, 1.82) is 0 Å². The predicted molar refractivity (Wildman–Crippen MR) is 195 cm³/mol. The fraction of sp³-hybridized carbons (Fsp3) is 0.0541. The molecule has 49 heavy (non-hydrogen) atoms. The standard InChI is InChI=1S/C37H24Cl3N5O3S/c38-24-16-14-22(15-17-24)20-45-35-28(19-41-45)27(18-31(42-35)23-8-2-1-3-9-23)36(47)48-21-32(46)43-37-44-33(25-10-4-6-12-29(25)39)34(49-37)26-11-5-7-13-30(26)40/h1-19H,20-21H2,(H,43,44,46). The van der Waals surface area contributed by atoms with Gasteiger partial charge in [-0.1, -0.05) is 125 Å². The monoisotopic (exact) mass is 723 g/mol. The first-order chi connectivity index (χ1) is 23.8. The fourth-order valence-corrected chi connectivity index (χ4v) is 6.93. The number of halogens is 3. The molecule has 8 nitrogen and oxygen atoms in total. The number of carbonyl (C=O) groups is 2. The lowest BCUT2D eigenvalue weighted by Gasteiger charge is -2.10. The first-order valence-electron chi connectivity index (χ1n) is 15.0. The number of ether oxygens (including phenoxy) is 1. The molecule has 3 heterocycles. The second kappa shape index (κ2) is 14.2. The largest absolute Gasteiger partial charge is 0.452 e. The van der Waals surface area contributed by atoms with Gasteiger partial charge in [0.2, 0.25) is 0 Å². The molecule has 0 spiro atoms. The molecule has 0 aliphatic carbocycles. The van der Waals surface area contributed by atoms with Gasteiger partial charge in [-0.25, -0.2) is 19.4 Å². The van der Waals surface area contributed by atoms with Gasteiger partial charge in [-0.05, 0) is 35.9 Å². The zero-order chi connectivity index (χ0) is 33.9. The summed E-state index contributed by atoms with van der Waals surface area (Å²) in [4.78, 5) is 37.0. The topological polar surface area (TPSA) is 99.0 Å². The van der Waals surface area contributed by atoms with E-state index < -0.39 is 18.5 Å². The number of nitrogens with zero attached hydrogens (tertiary/aromatic N) is 4. The lowest BCUT2D eigenvalue weighted by molar-refractivity contribution is -0.119. The molecule has 3 aromatic heterocycles. The number of nitrogens with one attached hydrogen (secondary N) is 1. The highest BCUT2D eigenvalue weighted by Gasteiger charge is 2.22. The molecule has 7 aromatic rings. The van der Waals surface area contributed by atoms with Crippen LogP contribution in [-0.2, 0) is 16.1 Å². The number of rotatable bonds is 9. The van der Waals surface area contributed by atoms with Crippen LogP contribution in [0.25, 0.3) is 44.0 Å². The second-order valence-corrected chi connectivity index (χ2v) is 13.1. The number of anilines is 1. The molecule has 0 unspecified atom stereocenters. The van der Waals surface area contributed by atoms with E-state index in [0.717, 1.165) is 21.6 Å². The lowest BCUT2D eigenvalue weighted by Crippen LogP contribution is -2.21. The quantitative estimate of drug-likeness (QED) is 0.149. The van der Waals surface area contributed by atoms with E-state index in [9.17, 15) is 9.59 Å². The molecular weight excluding hydrogens is 701 g/mol. The van der Waals surface area contributed by atoms with Crippen LogP contribution in [0.4, 0.5) is 5.13 Å². The van der Waals surface area contributed by atoms with E-state index in [1.54, 1.807) is 41.2 Å². The van der Waals surface area contributed by atoms with Crippen LogP contribution in [0.5, 0.6) is 0 Å². The summed E-state index contributed by atoms with van der Waals surface area (Å²) in [5, 5.41) is 9.74. The maximum atomic E-state index is 13.6. The van der Waals surface area contributed by atoms with Gasteiger partial charge in [-0.2, -0.15) is 5.10 Å². The third-order valence-electron chi connectivity index (χ3n) is 7.60. The molecule has 0 atom stereocenters. The van der Waals surface area contributed by atoms with E-state index in [4.69, 9.17) is 44.5 Å². The summed E-state index contributed by atoms with van der Waals surface area (Å²) in [7, 11) is 0. The van der Waals surface area contributed by atoms with Crippen molar-refractivity contribution < 1.29 is 14.3 Å². The van der Waals surface area contributed by atoms with Crippen molar-refractivity contribution in [3.63, 3.8) is 0 Å². The number of esters is 1. The van der Waals surface area contributed by atoms with Gasteiger partial charge in [0, 0.05) is 26.7 Å². The molecule has 1 N–H and O–H groups in total. The van der Waals surface area contributed by atoms with Gasteiger partial charge in [0.15, 0.2) is 17.4 Å². The third-order valence-corrected chi connectivity index (χ3v) is 9.51. The van der Waals surface area contributed by atoms with Crippen LogP contribution in [0.3, 0.4) is 0 Å². The van der Waals surface area contributed by atoms with Crippen LogP contribution in [0.15, 0.2) is 115 Å². The summed E-state index contributed by atoms with van der Waals surface area (Å²) in [6.45, 7) is -0.145. The minimum Gasteiger partial charge on any atom is -0.452 e. The molecule has 12 heteroatoms. The number of hydrogen-bond acceptors (Lipinski definition) is 7. The van der Waals surface area contributed by atoms with Crippen molar-refractivity contribution in [2.24, 2.45) is 0 Å². The summed E-state index contributed by atoms with van der Waals surface area (Å²) < 4.78 is 7.26. The Morgan fingerprint density at radius 3 is 2.18 bits per heavy atom. The molecule has 0 aliphatic heterocycles. The van der Waals surface area contributed by atoms with Crippen molar-refractivity contribution in [3.8, 4) is 33.0 Å². The third kappa shape index (κ3) is 7.06. The van der Waals surface area contributed by atoms with Crippen LogP contribution in [-0.4, -0.2) is 38.2 Å². The second-order valence-electron chi connectivity index (χ2n) is 10.9. The molecule has 0 fully saturated rings. The van der Waals surface area contributed by atoms with E-state index in [1.807, 2.05) is 78.9 Å². The van der Waals surface area contributed by atoms with Crippen LogP contribution in [0, 0.1) is 0 Å². The summed E-state index contributed by atoms with van der Waals surface area (Å²) >= 11 is 20.4. The smallest absolute Gasteiger partial charge is 0.339 e. The molecular formula is C37H24Cl3N5O3S. The number of benzene rings is 4. The molecule has 0 saturated heterocycles. The predicted octanol–water partition coefficient (Wildman–Crippen LogP) is 9.69. The zero-order valence-corrected chi connectivity index (χ0v) is 28.5. The van der Waals surface area contributed by atoms with Crippen molar-refractivity contribution >= 4 is 74.2 Å². The van der Waals surface area contributed by atoms with Gasteiger partial charge in [-0.3, -0.25) is 10.1 Å². The Morgan fingerprint density at radius 1 is 0.796 bits per heavy atom. The summed E-state index contributed by atoms with van der Waals surface area (Å²) in [6.07, 6.45) is 1.58. The van der Waals surface area contributed by atoms with Gasteiger partial charge in [0.25, 0.3) is 5.91 Å². The Hall–Kier alpha value is -5.06. The molecule has 1 amide bonds. The Kier molecular flexibility index (Phi) is 9.41. The number of amides is 1. The number of hydrogen-bond donors (Lipinski definition) is 1. The minimum absolute atomic E-state index is 0.232. The average molecular weight is 725 g/mol. The number of pyridine rings is 1. The SMILES string of the molecule is O=C(COC(=O)c1cc(-c2ccccc2)nc2c1cnn2Cc1ccc(Cl)cc1)Nc1nc(-c2ccccc2Cl)c(-c2ccccc2Cl)s1. The number of thiazole rings is 1. The van der Waals surface area contributed by atoms with Gasteiger partial charge in [0.1, 0.15) is 0 Å². The highest BCUT2D eigenvalue weighted by Crippen LogP contribution is 2.43. The van der Waals surface area contributed by atoms with E-state index in [-0.39, 0.29) is 5.56 Å². The van der Waals surface area contributed by atoms with Crippen molar-refractivity contribution in [1.82, 2.24) is 19.7 Å². The molecule has 0 bridgehead atoms. The number of fused-ring (bicyclic) bond motifs is 1. The van der Waals surface area contributed by atoms with Gasteiger partial charge < -0.3 is 4.74 Å². The van der Waals surface area contributed by atoms with Crippen molar-refractivity contribution in [2.45, 2.75) is 6.54 Å². The molecule has 0 radical (unpaired) electrons. The van der Waals surface area contributed by atoms with Crippen LogP contribution in [0.2, 0.25) is 15.1 Å². The Balaban J connectivity index is 1.15. The fourth-order valence-electron chi connectivity index (χ4n) is 5.25. The van der Waals surface area contributed by atoms with E-state index in [1.165, 1.54) is 11.3 Å². The maximum absolute atomic E-state index is 13.6. The van der Waals surface area contributed by atoms with E-state index in [0.29, 0.717) is 54.7 Å². The van der Waals surface area contributed by atoms with Crippen LogP contribution in [0.1, 0.15) is 15.9 Å². The van der Waals surface area contributed by atoms with Gasteiger partial charge in [-0.15, -0.1) is 0 Å². The molecule has 242 valence electrons. The average Bonchev–Trinajstić information content (AvgIpc) is 3.72. The van der Waals surface area contributed by atoms with Crippen molar-refractivity contribution in [2.75, 3.05) is 11.9 Å². The van der Waals surface area contributed by atoms with Crippen LogP contribution < -0.4 is 5.32 Å². The first kappa shape index (κ1) is 32.5. The maximum Gasteiger partial charge on any atom is 0.339 e. The van der Waals surface area contributed by atoms with Gasteiger partial charge in [0.05, 0.1) is 45.0 Å². The summed E-state index contributed by atoms with van der Waals surface area (Å²) in [5.41, 5.74) is 5.06. The normalized spacial score (nSPS) is 11.1. The minimum atomic E-state index is -0.696. The van der Waals surface area contributed by atoms with Crippen molar-refractivity contribution in [3.05, 3.63) is 142 Å². The molecule has 4 aromatic carbocycles. The summed E-state index contributed by atoms with van der Waals surface area (Å²) in [5.74, 6) is -1.26. The number of carbonyl (C=O) groups excluding carboxylic acids is 2. The van der Waals surface area contributed by atoms with E-state index >= 15 is 0 Å². The molecule has 7 rings (SSSR count).